The van der Waals surface area contributed by atoms with Crippen molar-refractivity contribution in [3.05, 3.63) is 89.8 Å². The van der Waals surface area contributed by atoms with Crippen molar-refractivity contribution in [1.82, 2.24) is 9.88 Å². The number of para-hydroxylation sites is 2. The summed E-state index contributed by atoms with van der Waals surface area (Å²) in [6, 6.07) is 26.8. The van der Waals surface area contributed by atoms with Crippen LogP contribution in [-0.2, 0) is 4.79 Å². The number of hydrogen-bond acceptors (Lipinski definition) is 5. The molecule has 1 aliphatic rings. The van der Waals surface area contributed by atoms with Crippen LogP contribution in [0.1, 0.15) is 9.67 Å². The molecule has 1 unspecified atom stereocenters. The minimum atomic E-state index is -0.782. The SMILES string of the molecule is CN(C)C(=O)C1CN(C(=O)c2sc(-c3ccccc3)nc2-c2ccccc2)c2ccccc2O1. The first kappa shape index (κ1) is 21.9. The van der Waals surface area contributed by atoms with Crippen molar-refractivity contribution in [2.24, 2.45) is 0 Å². The molecule has 1 aromatic heterocycles. The van der Waals surface area contributed by atoms with Crippen LogP contribution in [-0.4, -0.2) is 48.4 Å². The Morgan fingerprint density at radius 3 is 2.21 bits per heavy atom. The van der Waals surface area contributed by atoms with Crippen LogP contribution in [0.2, 0.25) is 0 Å². The van der Waals surface area contributed by atoms with Gasteiger partial charge in [0, 0.05) is 25.2 Å². The molecule has 2 amide bonds. The van der Waals surface area contributed by atoms with E-state index in [1.165, 1.54) is 16.2 Å². The van der Waals surface area contributed by atoms with Gasteiger partial charge in [-0.2, -0.15) is 0 Å². The summed E-state index contributed by atoms with van der Waals surface area (Å²) in [6.07, 6.45) is -0.782. The van der Waals surface area contributed by atoms with Crippen LogP contribution in [0.25, 0.3) is 21.8 Å². The Balaban J connectivity index is 1.61. The van der Waals surface area contributed by atoms with Gasteiger partial charge in [0.1, 0.15) is 15.6 Å². The van der Waals surface area contributed by atoms with Gasteiger partial charge in [0.15, 0.2) is 6.10 Å². The minimum absolute atomic E-state index is 0.125. The monoisotopic (exact) mass is 469 g/mol. The van der Waals surface area contributed by atoms with Crippen LogP contribution in [0.15, 0.2) is 84.9 Å². The number of carbonyl (C=O) groups is 2. The summed E-state index contributed by atoms with van der Waals surface area (Å²) in [5, 5.41) is 0.769. The van der Waals surface area contributed by atoms with Crippen molar-refractivity contribution in [2.75, 3.05) is 25.5 Å². The van der Waals surface area contributed by atoms with Gasteiger partial charge in [-0.3, -0.25) is 14.5 Å². The number of anilines is 1. The largest absolute Gasteiger partial charge is 0.476 e. The molecular weight excluding hydrogens is 446 g/mol. The Labute approximate surface area is 202 Å². The zero-order chi connectivity index (χ0) is 23.7. The lowest BCUT2D eigenvalue weighted by molar-refractivity contribution is -0.135. The van der Waals surface area contributed by atoms with E-state index in [0.717, 1.165) is 16.1 Å². The van der Waals surface area contributed by atoms with E-state index in [2.05, 4.69) is 0 Å². The second-order valence-corrected chi connectivity index (χ2v) is 9.15. The quantitative estimate of drug-likeness (QED) is 0.423. The number of carbonyl (C=O) groups excluding carboxylic acids is 2. The van der Waals surface area contributed by atoms with E-state index in [1.54, 1.807) is 25.1 Å². The lowest BCUT2D eigenvalue weighted by Gasteiger charge is -2.35. The lowest BCUT2D eigenvalue weighted by atomic mass is 10.1. The standard InChI is InChI=1S/C27H23N3O3S/c1-29(2)26(31)22-17-30(20-15-9-10-16-21(20)33-22)27(32)24-23(18-11-5-3-6-12-18)28-25(34-24)19-13-7-4-8-14-19/h3-16,22H,17H2,1-2H3. The molecule has 0 spiro atoms. The predicted molar refractivity (Wildman–Crippen MR) is 134 cm³/mol. The lowest BCUT2D eigenvalue weighted by Crippen LogP contribution is -2.50. The number of likely N-dealkylation sites (N-methyl/N-ethyl adjacent to an activating group) is 1. The molecule has 6 nitrogen and oxygen atoms in total. The highest BCUT2D eigenvalue weighted by molar-refractivity contribution is 7.17. The van der Waals surface area contributed by atoms with Gasteiger partial charge in [0.2, 0.25) is 0 Å². The van der Waals surface area contributed by atoms with Gasteiger partial charge in [-0.25, -0.2) is 4.98 Å². The summed E-state index contributed by atoms with van der Waals surface area (Å²) in [7, 11) is 3.36. The number of benzene rings is 3. The van der Waals surface area contributed by atoms with E-state index in [9.17, 15) is 9.59 Å². The Kier molecular flexibility index (Phi) is 5.86. The Morgan fingerprint density at radius 2 is 1.53 bits per heavy atom. The van der Waals surface area contributed by atoms with E-state index in [1.807, 2.05) is 78.9 Å². The first-order chi connectivity index (χ1) is 16.5. The average Bonchev–Trinajstić information content (AvgIpc) is 3.34. The van der Waals surface area contributed by atoms with Gasteiger partial charge in [-0.1, -0.05) is 72.8 Å². The van der Waals surface area contributed by atoms with Crippen molar-refractivity contribution in [2.45, 2.75) is 6.10 Å². The summed E-state index contributed by atoms with van der Waals surface area (Å²) in [5.74, 6) is 0.118. The first-order valence-electron chi connectivity index (χ1n) is 10.9. The fraction of sp³-hybridized carbons (Fsp3) is 0.148. The molecule has 1 aliphatic heterocycles. The fourth-order valence-corrected chi connectivity index (χ4v) is 4.97. The molecule has 0 N–H and O–H groups in total. The van der Waals surface area contributed by atoms with E-state index < -0.39 is 6.10 Å². The minimum Gasteiger partial charge on any atom is -0.476 e. The molecule has 4 aromatic rings. The van der Waals surface area contributed by atoms with Gasteiger partial charge in [0.05, 0.1) is 17.9 Å². The molecule has 0 radical (unpaired) electrons. The molecule has 2 heterocycles. The van der Waals surface area contributed by atoms with Crippen LogP contribution in [0.3, 0.4) is 0 Å². The summed E-state index contributed by atoms with van der Waals surface area (Å²) in [6.45, 7) is 0.125. The summed E-state index contributed by atoms with van der Waals surface area (Å²) in [5.41, 5.74) is 3.09. The average molecular weight is 470 g/mol. The zero-order valence-electron chi connectivity index (χ0n) is 18.8. The zero-order valence-corrected chi connectivity index (χ0v) is 19.7. The molecule has 3 aromatic carbocycles. The maximum absolute atomic E-state index is 14.1. The number of aromatic nitrogens is 1. The van der Waals surface area contributed by atoms with Crippen LogP contribution in [0.5, 0.6) is 5.75 Å². The summed E-state index contributed by atoms with van der Waals surface area (Å²) >= 11 is 1.36. The smallest absolute Gasteiger partial charge is 0.270 e. The molecule has 0 bridgehead atoms. The number of ether oxygens (including phenoxy) is 1. The van der Waals surface area contributed by atoms with Crippen molar-refractivity contribution < 1.29 is 14.3 Å². The molecule has 7 heteroatoms. The second kappa shape index (κ2) is 9.11. The van der Waals surface area contributed by atoms with Gasteiger partial charge in [-0.05, 0) is 12.1 Å². The van der Waals surface area contributed by atoms with Crippen LogP contribution in [0, 0.1) is 0 Å². The number of hydrogen-bond donors (Lipinski definition) is 0. The van der Waals surface area contributed by atoms with E-state index in [-0.39, 0.29) is 18.4 Å². The van der Waals surface area contributed by atoms with Crippen molar-refractivity contribution in [3.8, 4) is 27.6 Å². The highest BCUT2D eigenvalue weighted by Crippen LogP contribution is 2.39. The normalized spacial score (nSPS) is 14.8. The number of fused-ring (bicyclic) bond motifs is 1. The Bertz CT molecular complexity index is 1340. The third-order valence-corrected chi connectivity index (χ3v) is 6.72. The molecule has 0 aliphatic carbocycles. The third-order valence-electron chi connectivity index (χ3n) is 5.62. The number of thiazole rings is 1. The van der Waals surface area contributed by atoms with Crippen LogP contribution in [0.4, 0.5) is 5.69 Å². The highest BCUT2D eigenvalue weighted by atomic mass is 32.1. The molecule has 0 fully saturated rings. The maximum Gasteiger partial charge on any atom is 0.270 e. The molecule has 0 saturated heterocycles. The number of amides is 2. The summed E-state index contributed by atoms with van der Waals surface area (Å²) in [4.78, 5) is 35.3. The Morgan fingerprint density at radius 1 is 0.912 bits per heavy atom. The Hall–Kier alpha value is -3.97. The van der Waals surface area contributed by atoms with Crippen LogP contribution >= 0.6 is 11.3 Å². The summed E-state index contributed by atoms with van der Waals surface area (Å²) < 4.78 is 5.96. The second-order valence-electron chi connectivity index (χ2n) is 8.15. The van der Waals surface area contributed by atoms with Crippen molar-refractivity contribution in [3.63, 3.8) is 0 Å². The molecule has 170 valence electrons. The van der Waals surface area contributed by atoms with Gasteiger partial charge in [-0.15, -0.1) is 11.3 Å². The number of nitrogens with zero attached hydrogens (tertiary/aromatic N) is 3. The fourth-order valence-electron chi connectivity index (χ4n) is 3.93. The predicted octanol–water partition coefficient (Wildman–Crippen LogP) is 4.97. The van der Waals surface area contributed by atoms with Gasteiger partial charge >= 0.3 is 0 Å². The van der Waals surface area contributed by atoms with E-state index in [0.29, 0.717) is 22.0 Å². The van der Waals surface area contributed by atoms with E-state index in [4.69, 9.17) is 9.72 Å². The van der Waals surface area contributed by atoms with Crippen molar-refractivity contribution >= 4 is 28.8 Å². The molecule has 34 heavy (non-hydrogen) atoms. The molecular formula is C27H23N3O3S. The van der Waals surface area contributed by atoms with Crippen LogP contribution < -0.4 is 9.64 Å². The number of rotatable bonds is 4. The van der Waals surface area contributed by atoms with Gasteiger partial charge < -0.3 is 9.64 Å². The third kappa shape index (κ3) is 4.06. The van der Waals surface area contributed by atoms with Gasteiger partial charge in [0.25, 0.3) is 11.8 Å². The van der Waals surface area contributed by atoms with E-state index >= 15 is 0 Å². The molecule has 1 atom stereocenters. The molecule has 5 rings (SSSR count). The highest BCUT2D eigenvalue weighted by Gasteiger charge is 2.36. The van der Waals surface area contributed by atoms with Crippen molar-refractivity contribution in [1.29, 1.82) is 0 Å². The molecule has 0 saturated carbocycles. The topological polar surface area (TPSA) is 62.7 Å². The maximum atomic E-state index is 14.1. The first-order valence-corrected chi connectivity index (χ1v) is 11.7.